The van der Waals surface area contributed by atoms with Crippen LogP contribution in [0.25, 0.3) is 22.1 Å². The van der Waals surface area contributed by atoms with Crippen LogP contribution >= 0.6 is 11.8 Å². The minimum absolute atomic E-state index is 0.0441. The van der Waals surface area contributed by atoms with E-state index in [1.54, 1.807) is 10.6 Å². The molecule has 2 unspecified atom stereocenters. The van der Waals surface area contributed by atoms with Gasteiger partial charge in [0, 0.05) is 17.1 Å². The summed E-state index contributed by atoms with van der Waals surface area (Å²) < 4.78 is 1.71. The summed E-state index contributed by atoms with van der Waals surface area (Å²) in [4.78, 5) is 17.8. The number of nitriles is 1. The van der Waals surface area contributed by atoms with Crippen LogP contribution in [0.5, 0.6) is 0 Å². The van der Waals surface area contributed by atoms with Gasteiger partial charge in [-0.15, -0.1) is 10.2 Å². The van der Waals surface area contributed by atoms with Crippen LogP contribution in [0.4, 0.5) is 0 Å². The van der Waals surface area contributed by atoms with Crippen LogP contribution in [0.1, 0.15) is 29.3 Å². The lowest BCUT2D eigenvalue weighted by molar-refractivity contribution is 0.0890. The second-order valence-corrected chi connectivity index (χ2v) is 8.28. The molecular weight excluding hydrogens is 382 g/mol. The van der Waals surface area contributed by atoms with E-state index in [0.29, 0.717) is 33.6 Å². The second kappa shape index (κ2) is 6.98. The van der Waals surface area contributed by atoms with Crippen LogP contribution in [0.3, 0.4) is 0 Å². The van der Waals surface area contributed by atoms with Crippen LogP contribution in [-0.2, 0) is 5.75 Å². The van der Waals surface area contributed by atoms with Crippen LogP contribution in [-0.4, -0.2) is 25.7 Å². The summed E-state index contributed by atoms with van der Waals surface area (Å²) in [5.74, 6) is 1.09. The van der Waals surface area contributed by atoms with Crippen LogP contribution in [0.2, 0.25) is 0 Å². The van der Waals surface area contributed by atoms with Gasteiger partial charge in [-0.05, 0) is 30.0 Å². The smallest absolute Gasteiger partial charge is 0.236 e. The van der Waals surface area contributed by atoms with Gasteiger partial charge < -0.3 is 0 Å². The molecule has 1 saturated carbocycles. The minimum Gasteiger partial charge on any atom is -0.274 e. The normalized spacial score (nSPS) is 18.1. The molecular formula is C22H17N5OS. The van der Waals surface area contributed by atoms with E-state index < -0.39 is 0 Å². The molecule has 0 amide bonds. The number of benzene rings is 2. The zero-order valence-electron chi connectivity index (χ0n) is 15.7. The van der Waals surface area contributed by atoms with Crippen molar-refractivity contribution in [2.24, 2.45) is 11.8 Å². The Kier molecular flexibility index (Phi) is 4.29. The van der Waals surface area contributed by atoms with Gasteiger partial charge in [0.15, 0.2) is 5.65 Å². The predicted molar refractivity (Wildman–Crippen MR) is 111 cm³/mol. The molecule has 2 aromatic carbocycles. The summed E-state index contributed by atoms with van der Waals surface area (Å²) in [7, 11) is 0. The van der Waals surface area contributed by atoms with Crippen LogP contribution < -0.4 is 0 Å². The molecule has 0 spiro atoms. The van der Waals surface area contributed by atoms with E-state index >= 15 is 0 Å². The van der Waals surface area contributed by atoms with Crippen molar-refractivity contribution in [1.29, 1.82) is 5.26 Å². The van der Waals surface area contributed by atoms with Crippen molar-refractivity contribution in [3.8, 4) is 6.07 Å². The molecule has 1 aliphatic rings. The summed E-state index contributed by atoms with van der Waals surface area (Å²) in [5.41, 5.74) is 3.59. The fourth-order valence-corrected chi connectivity index (χ4v) is 4.42. The van der Waals surface area contributed by atoms with E-state index in [-0.39, 0.29) is 11.8 Å². The predicted octanol–water partition coefficient (Wildman–Crippen LogP) is 4.44. The van der Waals surface area contributed by atoms with Gasteiger partial charge in [-0.1, -0.05) is 55.1 Å². The Morgan fingerprint density at radius 3 is 2.76 bits per heavy atom. The molecule has 6 nitrogen and oxygen atoms in total. The first-order chi connectivity index (χ1) is 14.2. The number of thioether (sulfide) groups is 1. The average Bonchev–Trinajstić information content (AvgIpc) is 3.40. The summed E-state index contributed by atoms with van der Waals surface area (Å²) in [6.45, 7) is 2.09. The van der Waals surface area contributed by atoms with Crippen molar-refractivity contribution < 1.29 is 4.79 Å². The summed E-state index contributed by atoms with van der Waals surface area (Å²) in [5, 5.41) is 19.3. The number of fused-ring (bicyclic) bond motifs is 3. The van der Waals surface area contributed by atoms with Gasteiger partial charge in [0.1, 0.15) is 5.52 Å². The molecule has 0 saturated heterocycles. The average molecular weight is 399 g/mol. The maximum Gasteiger partial charge on any atom is 0.236 e. The molecule has 7 heteroatoms. The molecule has 0 N–H and O–H groups in total. The van der Waals surface area contributed by atoms with Gasteiger partial charge in [0.05, 0.1) is 17.1 Å². The number of aromatic nitrogens is 4. The van der Waals surface area contributed by atoms with E-state index in [0.717, 1.165) is 22.9 Å². The molecule has 0 aliphatic heterocycles. The summed E-state index contributed by atoms with van der Waals surface area (Å²) in [6, 6.07) is 17.4. The van der Waals surface area contributed by atoms with Crippen molar-refractivity contribution in [2.75, 3.05) is 0 Å². The van der Waals surface area contributed by atoms with Gasteiger partial charge >= 0.3 is 0 Å². The van der Waals surface area contributed by atoms with Crippen molar-refractivity contribution in [3.63, 3.8) is 0 Å². The SMILES string of the molecule is CC1CC1C(=O)n1c2ccccc2c2nnc(SCc3ccccc3C#N)nc21. The molecule has 1 fully saturated rings. The largest absolute Gasteiger partial charge is 0.274 e. The Balaban J connectivity index is 1.56. The molecule has 2 heterocycles. The number of nitrogens with zero attached hydrogens (tertiary/aromatic N) is 5. The quantitative estimate of drug-likeness (QED) is 0.472. The highest BCUT2D eigenvalue weighted by atomic mass is 32.2. The molecule has 1 aliphatic carbocycles. The molecule has 5 rings (SSSR count). The van der Waals surface area contributed by atoms with Gasteiger partial charge in [0.2, 0.25) is 11.1 Å². The lowest BCUT2D eigenvalue weighted by atomic mass is 10.1. The van der Waals surface area contributed by atoms with Crippen molar-refractivity contribution >= 4 is 39.7 Å². The Bertz CT molecular complexity index is 1310. The molecule has 142 valence electrons. The molecule has 4 aromatic rings. The topological polar surface area (TPSA) is 84.5 Å². The Labute approximate surface area is 171 Å². The maximum absolute atomic E-state index is 13.1. The van der Waals surface area contributed by atoms with Crippen molar-refractivity contribution in [1.82, 2.24) is 19.7 Å². The number of carbonyl (C=O) groups is 1. The zero-order chi connectivity index (χ0) is 20.0. The van der Waals surface area contributed by atoms with E-state index in [4.69, 9.17) is 0 Å². The fourth-order valence-electron chi connectivity index (χ4n) is 3.63. The highest BCUT2D eigenvalue weighted by Gasteiger charge is 2.41. The number of hydrogen-bond acceptors (Lipinski definition) is 6. The molecule has 2 aromatic heterocycles. The monoisotopic (exact) mass is 399 g/mol. The number of hydrogen-bond donors (Lipinski definition) is 0. The lowest BCUT2D eigenvalue weighted by Gasteiger charge is -2.05. The highest BCUT2D eigenvalue weighted by molar-refractivity contribution is 7.98. The minimum atomic E-state index is 0.0441. The first kappa shape index (κ1) is 17.8. The van der Waals surface area contributed by atoms with Gasteiger partial charge in [-0.25, -0.2) is 4.98 Å². The Morgan fingerprint density at radius 1 is 1.21 bits per heavy atom. The van der Waals surface area contributed by atoms with Gasteiger partial charge in [-0.2, -0.15) is 5.26 Å². The lowest BCUT2D eigenvalue weighted by Crippen LogP contribution is -2.14. The number of para-hydroxylation sites is 1. The van der Waals surface area contributed by atoms with E-state index in [2.05, 4.69) is 28.2 Å². The van der Waals surface area contributed by atoms with Crippen molar-refractivity contribution in [2.45, 2.75) is 24.3 Å². The van der Waals surface area contributed by atoms with E-state index in [1.165, 1.54) is 11.8 Å². The molecule has 0 radical (unpaired) electrons. The van der Waals surface area contributed by atoms with Crippen LogP contribution in [0.15, 0.2) is 53.7 Å². The summed E-state index contributed by atoms with van der Waals surface area (Å²) in [6.07, 6.45) is 0.915. The number of rotatable bonds is 4. The van der Waals surface area contributed by atoms with Gasteiger partial charge in [-0.3, -0.25) is 9.36 Å². The Hall–Kier alpha value is -3.24. The van der Waals surface area contributed by atoms with E-state index in [1.807, 2.05) is 42.5 Å². The van der Waals surface area contributed by atoms with Crippen LogP contribution in [0, 0.1) is 23.2 Å². The zero-order valence-corrected chi connectivity index (χ0v) is 16.6. The number of carbonyl (C=O) groups excluding carboxylic acids is 1. The maximum atomic E-state index is 13.1. The third-order valence-electron chi connectivity index (χ3n) is 5.40. The fraction of sp³-hybridized carbons (Fsp3) is 0.227. The third-order valence-corrected chi connectivity index (χ3v) is 6.29. The Morgan fingerprint density at radius 2 is 1.97 bits per heavy atom. The molecule has 29 heavy (non-hydrogen) atoms. The molecule has 2 atom stereocenters. The molecule has 0 bridgehead atoms. The first-order valence-electron chi connectivity index (χ1n) is 9.46. The van der Waals surface area contributed by atoms with E-state index in [9.17, 15) is 10.1 Å². The third kappa shape index (κ3) is 3.06. The highest BCUT2D eigenvalue weighted by Crippen LogP contribution is 2.41. The summed E-state index contributed by atoms with van der Waals surface area (Å²) >= 11 is 1.41. The first-order valence-corrected chi connectivity index (χ1v) is 10.4. The van der Waals surface area contributed by atoms with Gasteiger partial charge in [0.25, 0.3) is 0 Å². The van der Waals surface area contributed by atoms with Crippen molar-refractivity contribution in [3.05, 3.63) is 59.7 Å². The second-order valence-electron chi connectivity index (χ2n) is 7.33. The standard InChI is InChI=1S/C22H17N5OS/c1-13-10-17(13)21(28)27-18-9-5-4-8-16(18)19-20(27)24-22(26-25-19)29-12-15-7-3-2-6-14(15)11-23/h2-9,13,17H,10,12H2,1H3.